The van der Waals surface area contributed by atoms with Gasteiger partial charge in [-0.05, 0) is 34.0 Å². The van der Waals surface area contributed by atoms with Gasteiger partial charge in [-0.2, -0.15) is 0 Å². The lowest BCUT2D eigenvalue weighted by atomic mass is 10.1. The molecule has 0 bridgehead atoms. The molecule has 1 rings (SSSR count). The monoisotopic (exact) mass is 269 g/mol. The highest BCUT2D eigenvalue weighted by atomic mass is 79.9. The Kier molecular flexibility index (Phi) is 4.82. The third-order valence-corrected chi connectivity index (χ3v) is 3.07. The summed E-state index contributed by atoms with van der Waals surface area (Å²) in [6, 6.07) is 7.63. The average Bonchev–Trinajstić information content (AvgIpc) is 2.21. The van der Waals surface area contributed by atoms with E-state index in [4.69, 9.17) is 0 Å². The molecule has 1 amide bonds. The van der Waals surface area contributed by atoms with Crippen molar-refractivity contribution in [1.82, 2.24) is 0 Å². The van der Waals surface area contributed by atoms with Gasteiger partial charge in [0.05, 0.1) is 5.69 Å². The zero-order valence-corrected chi connectivity index (χ0v) is 10.7. The first kappa shape index (κ1) is 12.2. The number of amides is 1. The first-order chi connectivity index (χ1) is 7.13. The molecular formula is C12H16BrNO. The van der Waals surface area contributed by atoms with Gasteiger partial charge in [0, 0.05) is 10.9 Å². The van der Waals surface area contributed by atoms with Crippen molar-refractivity contribution in [3.63, 3.8) is 0 Å². The summed E-state index contributed by atoms with van der Waals surface area (Å²) in [4.78, 5) is 11.6. The molecule has 0 saturated carbocycles. The Morgan fingerprint density at radius 2 is 2.13 bits per heavy atom. The van der Waals surface area contributed by atoms with E-state index in [-0.39, 0.29) is 5.91 Å². The zero-order valence-electron chi connectivity index (χ0n) is 9.09. The Balaban J connectivity index is 2.55. The Morgan fingerprint density at radius 1 is 1.47 bits per heavy atom. The van der Waals surface area contributed by atoms with Crippen LogP contribution >= 0.6 is 15.9 Å². The van der Waals surface area contributed by atoms with Crippen LogP contribution in [0.25, 0.3) is 0 Å². The smallest absolute Gasteiger partial charge is 0.224 e. The van der Waals surface area contributed by atoms with Crippen LogP contribution in [0.1, 0.15) is 26.7 Å². The molecule has 82 valence electrons. The van der Waals surface area contributed by atoms with Crippen LogP contribution in [0.15, 0.2) is 28.7 Å². The van der Waals surface area contributed by atoms with E-state index in [2.05, 4.69) is 35.1 Å². The predicted molar refractivity (Wildman–Crippen MR) is 66.8 cm³/mol. The SMILES string of the molecule is CCC(C)CC(=O)Nc1ccccc1Br. The molecule has 0 aliphatic heterocycles. The minimum Gasteiger partial charge on any atom is -0.325 e. The summed E-state index contributed by atoms with van der Waals surface area (Å²) in [7, 11) is 0. The summed E-state index contributed by atoms with van der Waals surface area (Å²) in [5, 5.41) is 2.89. The van der Waals surface area contributed by atoms with Gasteiger partial charge in [-0.25, -0.2) is 0 Å². The van der Waals surface area contributed by atoms with E-state index < -0.39 is 0 Å². The van der Waals surface area contributed by atoms with Crippen molar-refractivity contribution in [3.05, 3.63) is 28.7 Å². The van der Waals surface area contributed by atoms with Crippen LogP contribution in [0.2, 0.25) is 0 Å². The summed E-state index contributed by atoms with van der Waals surface area (Å²) in [5.41, 5.74) is 0.839. The molecule has 15 heavy (non-hydrogen) atoms. The molecule has 0 spiro atoms. The summed E-state index contributed by atoms with van der Waals surface area (Å²) in [6.45, 7) is 4.18. The summed E-state index contributed by atoms with van der Waals surface area (Å²) in [6.07, 6.45) is 1.61. The van der Waals surface area contributed by atoms with Crippen LogP contribution in [0, 0.1) is 5.92 Å². The predicted octanol–water partition coefficient (Wildman–Crippen LogP) is 3.82. The van der Waals surface area contributed by atoms with E-state index >= 15 is 0 Å². The second-order valence-electron chi connectivity index (χ2n) is 3.75. The molecule has 0 aliphatic carbocycles. The van der Waals surface area contributed by atoms with Crippen molar-refractivity contribution in [1.29, 1.82) is 0 Å². The van der Waals surface area contributed by atoms with E-state index in [1.807, 2.05) is 24.3 Å². The van der Waals surface area contributed by atoms with Crippen LogP contribution in [-0.2, 0) is 4.79 Å². The number of para-hydroxylation sites is 1. The normalized spacial score (nSPS) is 12.2. The topological polar surface area (TPSA) is 29.1 Å². The molecule has 1 aromatic rings. The largest absolute Gasteiger partial charge is 0.325 e. The second-order valence-corrected chi connectivity index (χ2v) is 4.60. The first-order valence-corrected chi connectivity index (χ1v) is 5.97. The fraction of sp³-hybridized carbons (Fsp3) is 0.417. The molecule has 1 aromatic carbocycles. The maximum Gasteiger partial charge on any atom is 0.224 e. The Morgan fingerprint density at radius 3 is 2.73 bits per heavy atom. The maximum atomic E-state index is 11.6. The van der Waals surface area contributed by atoms with E-state index in [9.17, 15) is 4.79 Å². The molecule has 3 heteroatoms. The van der Waals surface area contributed by atoms with Gasteiger partial charge in [0.25, 0.3) is 0 Å². The van der Waals surface area contributed by atoms with E-state index in [0.717, 1.165) is 16.6 Å². The number of rotatable bonds is 4. The second kappa shape index (κ2) is 5.91. The third-order valence-electron chi connectivity index (χ3n) is 2.38. The fourth-order valence-electron chi connectivity index (χ4n) is 1.22. The molecular weight excluding hydrogens is 254 g/mol. The Labute approximate surface area is 99.2 Å². The quantitative estimate of drug-likeness (QED) is 0.885. The summed E-state index contributed by atoms with van der Waals surface area (Å²) in [5.74, 6) is 0.517. The lowest BCUT2D eigenvalue weighted by Gasteiger charge is -2.10. The van der Waals surface area contributed by atoms with Crippen molar-refractivity contribution in [2.24, 2.45) is 5.92 Å². The standard InChI is InChI=1S/C12H16BrNO/c1-3-9(2)8-12(15)14-11-7-5-4-6-10(11)13/h4-7,9H,3,8H2,1-2H3,(H,14,15). The van der Waals surface area contributed by atoms with Crippen molar-refractivity contribution >= 4 is 27.5 Å². The molecule has 0 fully saturated rings. The molecule has 2 nitrogen and oxygen atoms in total. The summed E-state index contributed by atoms with van der Waals surface area (Å²) >= 11 is 3.39. The van der Waals surface area contributed by atoms with Crippen molar-refractivity contribution in [2.75, 3.05) is 5.32 Å². The van der Waals surface area contributed by atoms with E-state index in [1.54, 1.807) is 0 Å². The number of halogens is 1. The summed E-state index contributed by atoms with van der Waals surface area (Å²) < 4.78 is 0.919. The highest BCUT2D eigenvalue weighted by molar-refractivity contribution is 9.10. The van der Waals surface area contributed by atoms with Gasteiger partial charge in [0.1, 0.15) is 0 Å². The molecule has 0 saturated heterocycles. The van der Waals surface area contributed by atoms with E-state index in [1.165, 1.54) is 0 Å². The number of hydrogen-bond donors (Lipinski definition) is 1. The van der Waals surface area contributed by atoms with Crippen molar-refractivity contribution in [2.45, 2.75) is 26.7 Å². The Hall–Kier alpha value is -0.830. The van der Waals surface area contributed by atoms with Crippen molar-refractivity contribution < 1.29 is 4.79 Å². The van der Waals surface area contributed by atoms with Crippen LogP contribution in [0.5, 0.6) is 0 Å². The van der Waals surface area contributed by atoms with Crippen LogP contribution < -0.4 is 5.32 Å². The lowest BCUT2D eigenvalue weighted by Crippen LogP contribution is -2.14. The number of benzene rings is 1. The highest BCUT2D eigenvalue weighted by Crippen LogP contribution is 2.21. The van der Waals surface area contributed by atoms with Crippen LogP contribution in [0.3, 0.4) is 0 Å². The van der Waals surface area contributed by atoms with Crippen molar-refractivity contribution in [3.8, 4) is 0 Å². The van der Waals surface area contributed by atoms with Gasteiger partial charge < -0.3 is 5.32 Å². The average molecular weight is 270 g/mol. The van der Waals surface area contributed by atoms with Crippen LogP contribution in [-0.4, -0.2) is 5.91 Å². The fourth-order valence-corrected chi connectivity index (χ4v) is 1.61. The highest BCUT2D eigenvalue weighted by Gasteiger charge is 2.08. The Bertz CT molecular complexity index is 338. The van der Waals surface area contributed by atoms with Gasteiger partial charge in [0.15, 0.2) is 0 Å². The minimum absolute atomic E-state index is 0.0799. The van der Waals surface area contributed by atoms with Gasteiger partial charge in [-0.3, -0.25) is 4.79 Å². The number of nitrogens with one attached hydrogen (secondary N) is 1. The maximum absolute atomic E-state index is 11.6. The first-order valence-electron chi connectivity index (χ1n) is 5.17. The molecule has 1 unspecified atom stereocenters. The van der Waals surface area contributed by atoms with Gasteiger partial charge in [-0.15, -0.1) is 0 Å². The van der Waals surface area contributed by atoms with Gasteiger partial charge in [0.2, 0.25) is 5.91 Å². The molecule has 0 aromatic heterocycles. The molecule has 0 aliphatic rings. The number of hydrogen-bond acceptors (Lipinski definition) is 1. The molecule has 0 radical (unpaired) electrons. The van der Waals surface area contributed by atoms with Gasteiger partial charge >= 0.3 is 0 Å². The molecule has 1 N–H and O–H groups in total. The van der Waals surface area contributed by atoms with E-state index in [0.29, 0.717) is 12.3 Å². The molecule has 0 heterocycles. The number of anilines is 1. The number of carbonyl (C=O) groups excluding carboxylic acids is 1. The third kappa shape index (κ3) is 4.04. The lowest BCUT2D eigenvalue weighted by molar-refractivity contribution is -0.117. The minimum atomic E-state index is 0.0799. The van der Waals surface area contributed by atoms with Gasteiger partial charge in [-0.1, -0.05) is 32.4 Å². The number of carbonyl (C=O) groups is 1. The van der Waals surface area contributed by atoms with Crippen LogP contribution in [0.4, 0.5) is 5.69 Å². The zero-order chi connectivity index (χ0) is 11.3. The molecule has 1 atom stereocenters.